The fourth-order valence-corrected chi connectivity index (χ4v) is 2.36. The van der Waals surface area contributed by atoms with Crippen LogP contribution in [0.1, 0.15) is 30.8 Å². The van der Waals surface area contributed by atoms with Gasteiger partial charge >= 0.3 is 0 Å². The highest BCUT2D eigenvalue weighted by Gasteiger charge is 2.36. The van der Waals surface area contributed by atoms with Crippen molar-refractivity contribution in [1.29, 1.82) is 0 Å². The molecule has 1 aliphatic heterocycles. The smallest absolute Gasteiger partial charge is 0.118 e. The maximum atomic E-state index is 5.91. The summed E-state index contributed by atoms with van der Waals surface area (Å²) in [4.78, 5) is 2.37. The van der Waals surface area contributed by atoms with Crippen LogP contribution in [0.15, 0.2) is 16.5 Å². The standard InChI is InChI=1S/C13H20N2O/c1-9-5-12(9)13-4-3-11(16-13)8-15(2)10-6-14-7-10/h3-4,9-10,12,14H,5-8H2,1-2H3. The number of hydrogen-bond donors (Lipinski definition) is 1. The van der Waals surface area contributed by atoms with Crippen LogP contribution < -0.4 is 5.32 Å². The third-order valence-electron chi connectivity index (χ3n) is 3.95. The minimum absolute atomic E-state index is 0.688. The van der Waals surface area contributed by atoms with E-state index in [1.165, 1.54) is 12.2 Å². The number of hydrogen-bond acceptors (Lipinski definition) is 3. The lowest BCUT2D eigenvalue weighted by atomic mass is 10.1. The Bertz CT molecular complexity index is 370. The Labute approximate surface area is 96.8 Å². The molecule has 2 heterocycles. The van der Waals surface area contributed by atoms with Gasteiger partial charge in [-0.1, -0.05) is 6.92 Å². The van der Waals surface area contributed by atoms with E-state index in [0.29, 0.717) is 12.0 Å². The Balaban J connectivity index is 1.59. The highest BCUT2D eigenvalue weighted by atomic mass is 16.3. The minimum Gasteiger partial charge on any atom is -0.464 e. The van der Waals surface area contributed by atoms with Gasteiger partial charge in [0.25, 0.3) is 0 Å². The SMILES string of the molecule is CC1CC1c1ccc(CN(C)C2CNC2)o1. The number of likely N-dealkylation sites (N-methyl/N-ethyl adjacent to an activating group) is 1. The molecule has 3 nitrogen and oxygen atoms in total. The summed E-state index contributed by atoms with van der Waals surface area (Å²) in [6, 6.07) is 4.99. The summed E-state index contributed by atoms with van der Waals surface area (Å²) in [6.07, 6.45) is 1.30. The van der Waals surface area contributed by atoms with E-state index in [1.807, 2.05) is 0 Å². The summed E-state index contributed by atoms with van der Waals surface area (Å²) in [7, 11) is 2.17. The minimum atomic E-state index is 0.688. The summed E-state index contributed by atoms with van der Waals surface area (Å²) in [6.45, 7) is 5.46. The highest BCUT2D eigenvalue weighted by molar-refractivity contribution is 5.17. The molecule has 1 aromatic rings. The van der Waals surface area contributed by atoms with Crippen molar-refractivity contribution in [2.75, 3.05) is 20.1 Å². The van der Waals surface area contributed by atoms with Crippen LogP contribution in [0.5, 0.6) is 0 Å². The Morgan fingerprint density at radius 2 is 2.19 bits per heavy atom. The first kappa shape index (κ1) is 10.4. The molecule has 0 spiro atoms. The largest absolute Gasteiger partial charge is 0.464 e. The van der Waals surface area contributed by atoms with E-state index in [2.05, 4.69) is 36.3 Å². The lowest BCUT2D eigenvalue weighted by Gasteiger charge is -2.35. The van der Waals surface area contributed by atoms with Gasteiger partial charge in [-0.3, -0.25) is 4.90 Å². The fourth-order valence-electron chi connectivity index (χ4n) is 2.36. The third-order valence-corrected chi connectivity index (χ3v) is 3.95. The molecule has 16 heavy (non-hydrogen) atoms. The van der Waals surface area contributed by atoms with Crippen LogP contribution in [0, 0.1) is 5.92 Å². The van der Waals surface area contributed by atoms with Crippen molar-refractivity contribution in [2.24, 2.45) is 5.92 Å². The molecule has 1 saturated heterocycles. The van der Waals surface area contributed by atoms with Crippen LogP contribution in [-0.2, 0) is 6.54 Å². The Morgan fingerprint density at radius 3 is 2.75 bits per heavy atom. The zero-order valence-corrected chi connectivity index (χ0v) is 10.1. The molecule has 88 valence electrons. The van der Waals surface area contributed by atoms with E-state index in [4.69, 9.17) is 4.42 Å². The van der Waals surface area contributed by atoms with E-state index in [1.54, 1.807) is 0 Å². The first-order valence-electron chi connectivity index (χ1n) is 6.23. The number of nitrogens with zero attached hydrogens (tertiary/aromatic N) is 1. The van der Waals surface area contributed by atoms with Crippen LogP contribution in [0.3, 0.4) is 0 Å². The second-order valence-electron chi connectivity index (χ2n) is 5.35. The first-order valence-corrected chi connectivity index (χ1v) is 6.23. The maximum Gasteiger partial charge on any atom is 0.118 e. The summed E-state index contributed by atoms with van der Waals surface area (Å²) in [5.41, 5.74) is 0. The second-order valence-corrected chi connectivity index (χ2v) is 5.35. The summed E-state index contributed by atoms with van der Waals surface area (Å²) >= 11 is 0. The molecule has 1 saturated carbocycles. The number of furan rings is 1. The lowest BCUT2D eigenvalue weighted by molar-refractivity contribution is 0.161. The van der Waals surface area contributed by atoms with Crippen molar-refractivity contribution in [3.63, 3.8) is 0 Å². The average molecular weight is 220 g/mol. The molecule has 1 N–H and O–H groups in total. The van der Waals surface area contributed by atoms with E-state index in [0.717, 1.165) is 31.3 Å². The molecule has 0 radical (unpaired) electrons. The second kappa shape index (κ2) is 3.90. The quantitative estimate of drug-likeness (QED) is 0.839. The Hall–Kier alpha value is -0.800. The molecule has 2 fully saturated rings. The molecule has 2 atom stereocenters. The first-order chi connectivity index (χ1) is 7.74. The summed E-state index contributed by atoms with van der Waals surface area (Å²) in [5.74, 6) is 3.84. The van der Waals surface area contributed by atoms with Gasteiger partial charge in [-0.15, -0.1) is 0 Å². The average Bonchev–Trinajstić information content (AvgIpc) is 2.71. The predicted molar refractivity (Wildman–Crippen MR) is 63.4 cm³/mol. The normalized spacial score (nSPS) is 29.4. The van der Waals surface area contributed by atoms with Gasteiger partial charge in [0.15, 0.2) is 0 Å². The van der Waals surface area contributed by atoms with Gasteiger partial charge in [0.05, 0.1) is 6.54 Å². The fraction of sp³-hybridized carbons (Fsp3) is 0.692. The number of rotatable bonds is 4. The van der Waals surface area contributed by atoms with E-state index in [9.17, 15) is 0 Å². The van der Waals surface area contributed by atoms with Crippen LogP contribution in [0.4, 0.5) is 0 Å². The Morgan fingerprint density at radius 1 is 1.44 bits per heavy atom. The maximum absolute atomic E-state index is 5.91. The number of nitrogens with one attached hydrogen (secondary N) is 1. The van der Waals surface area contributed by atoms with Crippen LogP contribution in [0.2, 0.25) is 0 Å². The molecule has 0 bridgehead atoms. The van der Waals surface area contributed by atoms with Crippen molar-refractivity contribution in [1.82, 2.24) is 10.2 Å². The molecule has 3 heteroatoms. The molecule has 1 aliphatic carbocycles. The van der Waals surface area contributed by atoms with Gasteiger partial charge in [-0.2, -0.15) is 0 Å². The topological polar surface area (TPSA) is 28.4 Å². The molecular weight excluding hydrogens is 200 g/mol. The molecule has 3 rings (SSSR count). The van der Waals surface area contributed by atoms with Crippen molar-refractivity contribution in [3.05, 3.63) is 23.7 Å². The predicted octanol–water partition coefficient (Wildman–Crippen LogP) is 1.81. The van der Waals surface area contributed by atoms with Gasteiger partial charge < -0.3 is 9.73 Å². The zero-order valence-electron chi connectivity index (χ0n) is 10.1. The van der Waals surface area contributed by atoms with E-state index < -0.39 is 0 Å². The summed E-state index contributed by atoms with van der Waals surface area (Å²) < 4.78 is 5.91. The zero-order chi connectivity index (χ0) is 11.1. The molecule has 0 amide bonds. The molecular formula is C13H20N2O. The third kappa shape index (κ3) is 1.89. The van der Waals surface area contributed by atoms with Crippen molar-refractivity contribution in [3.8, 4) is 0 Å². The highest BCUT2D eigenvalue weighted by Crippen LogP contribution is 2.47. The van der Waals surface area contributed by atoms with E-state index in [-0.39, 0.29) is 0 Å². The van der Waals surface area contributed by atoms with Crippen molar-refractivity contribution >= 4 is 0 Å². The van der Waals surface area contributed by atoms with Crippen LogP contribution >= 0.6 is 0 Å². The molecule has 0 aromatic carbocycles. The van der Waals surface area contributed by atoms with Crippen molar-refractivity contribution < 1.29 is 4.42 Å². The van der Waals surface area contributed by atoms with Crippen LogP contribution in [-0.4, -0.2) is 31.1 Å². The van der Waals surface area contributed by atoms with Gasteiger partial charge in [0.1, 0.15) is 11.5 Å². The van der Waals surface area contributed by atoms with Gasteiger partial charge in [-0.05, 0) is 31.5 Å². The van der Waals surface area contributed by atoms with E-state index >= 15 is 0 Å². The Kier molecular flexibility index (Phi) is 2.52. The van der Waals surface area contributed by atoms with Crippen LogP contribution in [0.25, 0.3) is 0 Å². The molecule has 1 aromatic heterocycles. The van der Waals surface area contributed by atoms with Gasteiger partial charge in [0, 0.05) is 25.0 Å². The monoisotopic (exact) mass is 220 g/mol. The molecule has 2 aliphatic rings. The summed E-state index contributed by atoms with van der Waals surface area (Å²) in [5, 5.41) is 3.29. The molecule has 2 unspecified atom stereocenters. The lowest BCUT2D eigenvalue weighted by Crippen LogP contribution is -2.55. The van der Waals surface area contributed by atoms with Gasteiger partial charge in [0.2, 0.25) is 0 Å². The van der Waals surface area contributed by atoms with Gasteiger partial charge in [-0.25, -0.2) is 0 Å². The van der Waals surface area contributed by atoms with Crippen molar-refractivity contribution in [2.45, 2.75) is 31.8 Å².